The molecule has 2 fully saturated rings. The van der Waals surface area contributed by atoms with E-state index >= 15 is 0 Å². The smallest absolute Gasteiger partial charge is 0.271 e. The molecule has 0 radical (unpaired) electrons. The number of hydrogen-bond acceptors (Lipinski definition) is 8. The quantitative estimate of drug-likeness (QED) is 0.525. The van der Waals surface area contributed by atoms with Gasteiger partial charge in [0.25, 0.3) is 11.5 Å². The van der Waals surface area contributed by atoms with Gasteiger partial charge >= 0.3 is 0 Å². The lowest BCUT2D eigenvalue weighted by atomic mass is 9.99. The van der Waals surface area contributed by atoms with Crippen LogP contribution >= 0.6 is 0 Å². The van der Waals surface area contributed by atoms with E-state index in [2.05, 4.69) is 15.9 Å². The van der Waals surface area contributed by atoms with Crippen molar-refractivity contribution in [1.29, 1.82) is 0 Å². The molecule has 0 saturated carbocycles. The van der Waals surface area contributed by atoms with Gasteiger partial charge in [0, 0.05) is 64.0 Å². The third kappa shape index (κ3) is 4.46. The summed E-state index contributed by atoms with van der Waals surface area (Å²) in [5.41, 5.74) is 7.96. The molecule has 6 rings (SSSR count). The van der Waals surface area contributed by atoms with Crippen molar-refractivity contribution < 1.29 is 9.53 Å². The second-order valence-electron chi connectivity index (χ2n) is 10.3. The highest BCUT2D eigenvalue weighted by molar-refractivity contribution is 5.93. The minimum atomic E-state index is -0.195. The number of ether oxygens (including phenoxy) is 1. The fraction of sp³-hybridized carbons (Fsp3) is 0.538. The number of rotatable bonds is 1. The van der Waals surface area contributed by atoms with Gasteiger partial charge in [-0.3, -0.25) is 9.59 Å². The van der Waals surface area contributed by atoms with E-state index < -0.39 is 0 Å². The van der Waals surface area contributed by atoms with E-state index in [1.54, 1.807) is 12.1 Å². The minimum Gasteiger partial charge on any atom is -0.378 e. The first kappa shape index (κ1) is 23.9. The van der Waals surface area contributed by atoms with E-state index in [0.29, 0.717) is 38.5 Å². The molecule has 0 aromatic carbocycles. The van der Waals surface area contributed by atoms with Crippen LogP contribution < -0.4 is 21.1 Å². The Bertz CT molecular complexity index is 1370. The normalized spacial score (nSPS) is 23.2. The number of pyridine rings is 1. The fourth-order valence-corrected chi connectivity index (χ4v) is 5.70. The van der Waals surface area contributed by atoms with Crippen molar-refractivity contribution >= 4 is 23.2 Å². The fourth-order valence-electron chi connectivity index (χ4n) is 5.70. The van der Waals surface area contributed by atoms with Crippen LogP contribution in [-0.4, -0.2) is 82.5 Å². The zero-order valence-corrected chi connectivity index (χ0v) is 21.3. The van der Waals surface area contributed by atoms with Gasteiger partial charge in [0.05, 0.1) is 24.9 Å². The van der Waals surface area contributed by atoms with E-state index in [1.807, 2.05) is 22.5 Å². The average Bonchev–Trinajstić information content (AvgIpc) is 3.54. The Morgan fingerprint density at radius 1 is 1.03 bits per heavy atom. The molecule has 6 heterocycles. The van der Waals surface area contributed by atoms with E-state index in [-0.39, 0.29) is 23.6 Å². The molecule has 0 spiro atoms. The van der Waals surface area contributed by atoms with Crippen LogP contribution in [0, 0.1) is 0 Å². The molecule has 3 aromatic rings. The molecule has 2 atom stereocenters. The number of carbonyl (C=O) groups excluding carboxylic acids is 1. The Morgan fingerprint density at radius 3 is 2.73 bits per heavy atom. The first-order valence-corrected chi connectivity index (χ1v) is 13.2. The Hall–Kier alpha value is -3.44. The molecule has 37 heavy (non-hydrogen) atoms. The number of nitrogens with zero attached hydrogens (tertiary/aromatic N) is 7. The summed E-state index contributed by atoms with van der Waals surface area (Å²) in [5, 5.41) is 5.00. The number of nitrogens with two attached hydrogens (primary N) is 1. The third-order valence-electron chi connectivity index (χ3n) is 7.76. The molecule has 196 valence electrons. The van der Waals surface area contributed by atoms with Crippen LogP contribution in [0.4, 0.5) is 11.6 Å². The number of piperidine rings is 1. The lowest BCUT2D eigenvalue weighted by Crippen LogP contribution is -2.41. The highest BCUT2D eigenvalue weighted by Crippen LogP contribution is 2.33. The summed E-state index contributed by atoms with van der Waals surface area (Å²) in [6.07, 6.45) is 3.69. The van der Waals surface area contributed by atoms with E-state index in [4.69, 9.17) is 20.6 Å². The lowest BCUT2D eigenvalue weighted by molar-refractivity contribution is 0.0589. The SMILES string of the molecule is CN1CCOCCn2c(cccc2=O)C(=O)N2CCCCC2c2cc3nc(N4CC[C@@H](N)C4)cc1n3n2. The van der Waals surface area contributed by atoms with Crippen molar-refractivity contribution in [2.75, 3.05) is 56.2 Å². The van der Waals surface area contributed by atoms with Gasteiger partial charge < -0.3 is 29.7 Å². The molecule has 11 nitrogen and oxygen atoms in total. The number of aromatic nitrogens is 4. The van der Waals surface area contributed by atoms with Gasteiger partial charge in [0.1, 0.15) is 17.3 Å². The van der Waals surface area contributed by atoms with Crippen LogP contribution in [0.1, 0.15) is 47.9 Å². The van der Waals surface area contributed by atoms with Crippen molar-refractivity contribution in [2.45, 2.75) is 44.3 Å². The van der Waals surface area contributed by atoms with Crippen molar-refractivity contribution in [3.8, 4) is 0 Å². The summed E-state index contributed by atoms with van der Waals surface area (Å²) in [4.78, 5) is 37.7. The van der Waals surface area contributed by atoms with Gasteiger partial charge in [-0.1, -0.05) is 6.07 Å². The molecule has 0 aliphatic carbocycles. The van der Waals surface area contributed by atoms with Crippen molar-refractivity contribution in [1.82, 2.24) is 24.1 Å². The maximum atomic E-state index is 13.8. The number of likely N-dealkylation sites (N-methyl/N-ethyl adjacent to an activating group) is 1. The minimum absolute atomic E-state index is 0.147. The van der Waals surface area contributed by atoms with Gasteiger partial charge in [0.2, 0.25) is 0 Å². The predicted octanol–water partition coefficient (Wildman–Crippen LogP) is 1.26. The lowest BCUT2D eigenvalue weighted by Gasteiger charge is -2.35. The maximum absolute atomic E-state index is 13.8. The van der Waals surface area contributed by atoms with Crippen molar-refractivity contribution in [2.24, 2.45) is 5.73 Å². The van der Waals surface area contributed by atoms with E-state index in [9.17, 15) is 9.59 Å². The second-order valence-corrected chi connectivity index (χ2v) is 10.3. The van der Waals surface area contributed by atoms with E-state index in [0.717, 1.165) is 61.7 Å². The van der Waals surface area contributed by atoms with Crippen LogP contribution in [0.5, 0.6) is 0 Å². The molecule has 2 bridgehead atoms. The molecule has 2 saturated heterocycles. The molecule has 3 aliphatic rings. The number of carbonyl (C=O) groups is 1. The van der Waals surface area contributed by atoms with Gasteiger partial charge in [-0.15, -0.1) is 0 Å². The molecular weight excluding hydrogens is 472 g/mol. The standard InChI is InChI=1S/C26H34N8O3/c1-30-11-13-37-14-12-32-21(6-4-7-25(32)35)26(36)33-9-3-2-5-20(33)19-15-23-28-22(16-24(30)34(23)29-19)31-10-8-18(27)17-31/h4,6-7,15-16,18,20H,2-3,5,8-14,17,27H2,1H3/t18-,20?/m1/s1. The molecule has 11 heteroatoms. The van der Waals surface area contributed by atoms with Crippen molar-refractivity contribution in [3.63, 3.8) is 0 Å². The maximum Gasteiger partial charge on any atom is 0.271 e. The highest BCUT2D eigenvalue weighted by Gasteiger charge is 2.33. The Balaban J connectivity index is 1.47. The van der Waals surface area contributed by atoms with Crippen molar-refractivity contribution in [3.05, 3.63) is 52.1 Å². The monoisotopic (exact) mass is 506 g/mol. The predicted molar refractivity (Wildman–Crippen MR) is 140 cm³/mol. The summed E-state index contributed by atoms with van der Waals surface area (Å²) >= 11 is 0. The molecule has 1 unspecified atom stereocenters. The molecule has 2 N–H and O–H groups in total. The topological polar surface area (TPSA) is 114 Å². The molecule has 3 aromatic heterocycles. The second kappa shape index (κ2) is 9.79. The number of anilines is 2. The molecule has 1 amide bonds. The van der Waals surface area contributed by atoms with Crippen LogP contribution in [-0.2, 0) is 11.3 Å². The zero-order valence-electron chi connectivity index (χ0n) is 21.3. The summed E-state index contributed by atoms with van der Waals surface area (Å²) in [5.74, 6) is 1.66. The molecular formula is C26H34N8O3. The van der Waals surface area contributed by atoms with Gasteiger partial charge in [-0.05, 0) is 31.7 Å². The van der Waals surface area contributed by atoms with Gasteiger partial charge in [-0.2, -0.15) is 9.61 Å². The van der Waals surface area contributed by atoms with Crippen LogP contribution in [0.15, 0.2) is 35.1 Å². The Kier molecular flexibility index (Phi) is 6.33. The third-order valence-corrected chi connectivity index (χ3v) is 7.76. The summed E-state index contributed by atoms with van der Waals surface area (Å²) in [6.45, 7) is 4.05. The zero-order chi connectivity index (χ0) is 25.5. The number of hydrogen-bond donors (Lipinski definition) is 1. The summed E-state index contributed by atoms with van der Waals surface area (Å²) in [7, 11) is 2.02. The van der Waals surface area contributed by atoms with E-state index in [1.165, 1.54) is 10.6 Å². The first-order valence-electron chi connectivity index (χ1n) is 13.2. The van der Waals surface area contributed by atoms with Gasteiger partial charge in [-0.25, -0.2) is 4.98 Å². The summed E-state index contributed by atoms with van der Waals surface area (Å²) < 4.78 is 9.33. The average molecular weight is 507 g/mol. The number of amides is 1. The van der Waals surface area contributed by atoms with Crippen LogP contribution in [0.25, 0.3) is 5.65 Å². The largest absolute Gasteiger partial charge is 0.378 e. The number of fused-ring (bicyclic) bond motifs is 4. The van der Waals surface area contributed by atoms with Crippen LogP contribution in [0.2, 0.25) is 0 Å². The Morgan fingerprint density at radius 2 is 1.89 bits per heavy atom. The van der Waals surface area contributed by atoms with Crippen LogP contribution in [0.3, 0.4) is 0 Å². The summed E-state index contributed by atoms with van der Waals surface area (Å²) in [6, 6.07) is 8.92. The van der Waals surface area contributed by atoms with Gasteiger partial charge in [0.15, 0.2) is 5.65 Å². The highest BCUT2D eigenvalue weighted by atomic mass is 16.5. The Labute approximate surface area is 215 Å². The first-order chi connectivity index (χ1) is 18.0. The molecule has 3 aliphatic heterocycles.